The number of aryl methyl sites for hydroxylation is 2. The normalized spacial score (nSPS) is 11.0. The standard InChI is InChI=1S/C21H19NO/c1-15-7-5-8-16(2)21(15)22-20(23)14-13-18-11-6-10-17-9-3-4-12-19(17)18/h3-14H,1-2H3,(H,22,23)/b14-13+. The van der Waals surface area contributed by atoms with Crippen LogP contribution in [0.3, 0.4) is 0 Å². The minimum absolute atomic E-state index is 0.115. The van der Waals surface area contributed by atoms with Gasteiger partial charge >= 0.3 is 0 Å². The summed E-state index contributed by atoms with van der Waals surface area (Å²) >= 11 is 0. The number of benzene rings is 3. The average molecular weight is 301 g/mol. The second-order valence-corrected chi connectivity index (χ2v) is 5.66. The van der Waals surface area contributed by atoms with Crippen LogP contribution in [0.5, 0.6) is 0 Å². The van der Waals surface area contributed by atoms with Crippen molar-refractivity contribution < 1.29 is 4.79 Å². The Hall–Kier alpha value is -2.87. The first-order valence-electron chi connectivity index (χ1n) is 7.68. The van der Waals surface area contributed by atoms with Crippen molar-refractivity contribution in [1.82, 2.24) is 0 Å². The van der Waals surface area contributed by atoms with Gasteiger partial charge in [0.2, 0.25) is 5.91 Å². The first-order chi connectivity index (χ1) is 11.1. The quantitative estimate of drug-likeness (QED) is 0.669. The zero-order chi connectivity index (χ0) is 16.2. The summed E-state index contributed by atoms with van der Waals surface area (Å²) in [6.45, 7) is 3.99. The highest BCUT2D eigenvalue weighted by Crippen LogP contribution is 2.21. The number of amides is 1. The summed E-state index contributed by atoms with van der Waals surface area (Å²) in [5.41, 5.74) is 4.06. The smallest absolute Gasteiger partial charge is 0.248 e. The van der Waals surface area contributed by atoms with Crippen molar-refractivity contribution in [1.29, 1.82) is 0 Å². The number of carbonyl (C=O) groups is 1. The number of anilines is 1. The van der Waals surface area contributed by atoms with E-state index in [1.807, 2.05) is 62.4 Å². The molecule has 0 spiro atoms. The summed E-state index contributed by atoms with van der Waals surface area (Å²) in [5.74, 6) is -0.115. The minimum atomic E-state index is -0.115. The number of rotatable bonds is 3. The maximum absolute atomic E-state index is 12.2. The summed E-state index contributed by atoms with van der Waals surface area (Å²) in [4.78, 5) is 12.2. The van der Waals surface area contributed by atoms with Gasteiger partial charge in [0.15, 0.2) is 0 Å². The SMILES string of the molecule is Cc1cccc(C)c1NC(=O)/C=C/c1cccc2ccccc12. The second kappa shape index (κ2) is 6.49. The van der Waals surface area contributed by atoms with Gasteiger partial charge in [-0.05, 0) is 47.4 Å². The molecule has 0 unspecified atom stereocenters. The van der Waals surface area contributed by atoms with Crippen LogP contribution in [-0.2, 0) is 4.79 Å². The zero-order valence-corrected chi connectivity index (χ0v) is 13.3. The molecule has 0 aliphatic carbocycles. The number of carbonyl (C=O) groups excluding carboxylic acids is 1. The molecule has 0 heterocycles. The number of hydrogen-bond acceptors (Lipinski definition) is 1. The van der Waals surface area contributed by atoms with E-state index in [0.717, 1.165) is 27.8 Å². The molecule has 2 nitrogen and oxygen atoms in total. The number of hydrogen-bond donors (Lipinski definition) is 1. The minimum Gasteiger partial charge on any atom is -0.322 e. The Morgan fingerprint density at radius 1 is 0.870 bits per heavy atom. The molecule has 3 aromatic carbocycles. The molecule has 1 amide bonds. The predicted molar refractivity (Wildman–Crippen MR) is 97.5 cm³/mol. The van der Waals surface area contributed by atoms with Gasteiger partial charge in [-0.1, -0.05) is 60.7 Å². The van der Waals surface area contributed by atoms with Crippen molar-refractivity contribution in [3.05, 3.63) is 83.4 Å². The van der Waals surface area contributed by atoms with Crippen LogP contribution in [0, 0.1) is 13.8 Å². The van der Waals surface area contributed by atoms with Crippen LogP contribution in [0.2, 0.25) is 0 Å². The van der Waals surface area contributed by atoms with Crippen LogP contribution in [-0.4, -0.2) is 5.91 Å². The first-order valence-corrected chi connectivity index (χ1v) is 7.68. The summed E-state index contributed by atoms with van der Waals surface area (Å²) in [6, 6.07) is 20.3. The van der Waals surface area contributed by atoms with Crippen LogP contribution < -0.4 is 5.32 Å². The van der Waals surface area contributed by atoms with E-state index in [1.54, 1.807) is 6.08 Å². The van der Waals surface area contributed by atoms with Crippen molar-refractivity contribution in [3.63, 3.8) is 0 Å². The molecule has 2 heteroatoms. The Labute approximate surface area is 136 Å². The number of para-hydroxylation sites is 1. The molecule has 0 atom stereocenters. The molecule has 0 fully saturated rings. The molecule has 3 rings (SSSR count). The molecule has 23 heavy (non-hydrogen) atoms. The van der Waals surface area contributed by atoms with E-state index in [0.29, 0.717) is 0 Å². The van der Waals surface area contributed by atoms with Crippen LogP contribution in [0.1, 0.15) is 16.7 Å². The first kappa shape index (κ1) is 15.0. The molecule has 1 N–H and O–H groups in total. The average Bonchev–Trinajstić information content (AvgIpc) is 2.56. The van der Waals surface area contributed by atoms with Crippen LogP contribution in [0.15, 0.2) is 66.7 Å². The van der Waals surface area contributed by atoms with Crippen molar-refractivity contribution in [2.24, 2.45) is 0 Å². The third kappa shape index (κ3) is 3.32. The number of nitrogens with one attached hydrogen (secondary N) is 1. The molecular formula is C21H19NO. The van der Waals surface area contributed by atoms with E-state index < -0.39 is 0 Å². The summed E-state index contributed by atoms with van der Waals surface area (Å²) in [7, 11) is 0. The fraction of sp³-hybridized carbons (Fsp3) is 0.0952. The third-order valence-electron chi connectivity index (χ3n) is 3.97. The predicted octanol–water partition coefficient (Wildman–Crippen LogP) is 5.11. The van der Waals surface area contributed by atoms with Gasteiger partial charge < -0.3 is 5.32 Å². The van der Waals surface area contributed by atoms with E-state index in [4.69, 9.17) is 0 Å². The third-order valence-corrected chi connectivity index (χ3v) is 3.97. The van der Waals surface area contributed by atoms with Crippen molar-refractivity contribution in [2.45, 2.75) is 13.8 Å². The van der Waals surface area contributed by atoms with E-state index in [2.05, 4.69) is 23.5 Å². The van der Waals surface area contributed by atoms with Gasteiger partial charge in [-0.3, -0.25) is 4.79 Å². The van der Waals surface area contributed by atoms with E-state index >= 15 is 0 Å². The Kier molecular flexibility index (Phi) is 4.24. The fourth-order valence-corrected chi connectivity index (χ4v) is 2.74. The molecule has 0 saturated heterocycles. The molecule has 0 radical (unpaired) electrons. The summed E-state index contributed by atoms with van der Waals surface area (Å²) in [6.07, 6.45) is 3.46. The second-order valence-electron chi connectivity index (χ2n) is 5.66. The molecule has 3 aromatic rings. The van der Waals surface area contributed by atoms with E-state index in [9.17, 15) is 4.79 Å². The Bertz CT molecular complexity index is 868. The highest BCUT2D eigenvalue weighted by Gasteiger charge is 2.04. The van der Waals surface area contributed by atoms with Gasteiger partial charge in [-0.15, -0.1) is 0 Å². The lowest BCUT2D eigenvalue weighted by Crippen LogP contribution is -2.10. The van der Waals surface area contributed by atoms with Crippen LogP contribution in [0.4, 0.5) is 5.69 Å². The van der Waals surface area contributed by atoms with Gasteiger partial charge in [-0.25, -0.2) is 0 Å². The lowest BCUT2D eigenvalue weighted by Gasteiger charge is -2.09. The molecule has 0 aliphatic heterocycles. The highest BCUT2D eigenvalue weighted by molar-refractivity contribution is 6.04. The van der Waals surface area contributed by atoms with Crippen molar-refractivity contribution in [2.75, 3.05) is 5.32 Å². The zero-order valence-electron chi connectivity index (χ0n) is 13.3. The molecule has 0 saturated carbocycles. The van der Waals surface area contributed by atoms with Gasteiger partial charge in [0.25, 0.3) is 0 Å². The van der Waals surface area contributed by atoms with Gasteiger partial charge in [0, 0.05) is 11.8 Å². The Morgan fingerprint density at radius 3 is 2.30 bits per heavy atom. The fourth-order valence-electron chi connectivity index (χ4n) is 2.74. The Balaban J connectivity index is 1.83. The van der Waals surface area contributed by atoms with E-state index in [-0.39, 0.29) is 5.91 Å². The summed E-state index contributed by atoms with van der Waals surface area (Å²) in [5, 5.41) is 5.29. The van der Waals surface area contributed by atoms with Crippen LogP contribution in [0.25, 0.3) is 16.8 Å². The maximum atomic E-state index is 12.2. The molecule has 0 aromatic heterocycles. The highest BCUT2D eigenvalue weighted by atomic mass is 16.1. The Morgan fingerprint density at radius 2 is 1.52 bits per heavy atom. The largest absolute Gasteiger partial charge is 0.322 e. The van der Waals surface area contributed by atoms with Gasteiger partial charge in [-0.2, -0.15) is 0 Å². The van der Waals surface area contributed by atoms with Crippen LogP contribution >= 0.6 is 0 Å². The molecule has 0 bridgehead atoms. The van der Waals surface area contributed by atoms with Crippen molar-refractivity contribution in [3.8, 4) is 0 Å². The monoisotopic (exact) mass is 301 g/mol. The molecular weight excluding hydrogens is 282 g/mol. The lowest BCUT2D eigenvalue weighted by atomic mass is 10.0. The van der Waals surface area contributed by atoms with Crippen molar-refractivity contribution >= 4 is 28.4 Å². The maximum Gasteiger partial charge on any atom is 0.248 e. The lowest BCUT2D eigenvalue weighted by molar-refractivity contribution is -0.111. The van der Waals surface area contributed by atoms with Gasteiger partial charge in [0.05, 0.1) is 0 Å². The number of fused-ring (bicyclic) bond motifs is 1. The van der Waals surface area contributed by atoms with Gasteiger partial charge in [0.1, 0.15) is 0 Å². The topological polar surface area (TPSA) is 29.1 Å². The summed E-state index contributed by atoms with van der Waals surface area (Å²) < 4.78 is 0. The molecule has 114 valence electrons. The molecule has 0 aliphatic rings. The van der Waals surface area contributed by atoms with E-state index in [1.165, 1.54) is 5.39 Å².